The van der Waals surface area contributed by atoms with Gasteiger partial charge in [-0.2, -0.15) is 0 Å². The number of aliphatic hydroxyl groups is 3. The lowest BCUT2D eigenvalue weighted by Crippen LogP contribution is -2.36. The van der Waals surface area contributed by atoms with Gasteiger partial charge in [-0.25, -0.2) is 0 Å². The molecule has 4 unspecified atom stereocenters. The van der Waals surface area contributed by atoms with Gasteiger partial charge in [-0.3, -0.25) is 0 Å². The van der Waals surface area contributed by atoms with Gasteiger partial charge in [0.15, 0.2) is 0 Å². The van der Waals surface area contributed by atoms with Crippen LogP contribution in [0.5, 0.6) is 0 Å². The maximum Gasteiger partial charge on any atom is 0.0989 e. The van der Waals surface area contributed by atoms with E-state index in [1.165, 1.54) is 0 Å². The van der Waals surface area contributed by atoms with Crippen LogP contribution < -0.4 is 5.32 Å². The second-order valence-electron chi connectivity index (χ2n) is 2.95. The Morgan fingerprint density at radius 1 is 1.18 bits per heavy atom. The largest absolute Gasteiger partial charge is 0.395 e. The highest BCUT2D eigenvalue weighted by Crippen LogP contribution is 2.15. The predicted molar refractivity (Wildman–Crippen MR) is 40.1 cm³/mol. The standard InChI is InChI=1S/C7H15NO3/c1-2-4-6(10)7(11)5(3-9)8-4/h4-11H,2-3H2,1H3. The Hall–Kier alpha value is -0.160. The summed E-state index contributed by atoms with van der Waals surface area (Å²) in [6.45, 7) is 1.79. The Morgan fingerprint density at radius 2 is 1.73 bits per heavy atom. The van der Waals surface area contributed by atoms with Gasteiger partial charge in [-0.05, 0) is 6.42 Å². The van der Waals surface area contributed by atoms with Crippen LogP contribution in [0.25, 0.3) is 0 Å². The molecule has 1 aliphatic rings. The normalized spacial score (nSPS) is 44.7. The van der Waals surface area contributed by atoms with Crippen LogP contribution >= 0.6 is 0 Å². The highest BCUT2D eigenvalue weighted by molar-refractivity contribution is 4.96. The molecule has 66 valence electrons. The van der Waals surface area contributed by atoms with Crippen LogP contribution in [-0.4, -0.2) is 46.2 Å². The minimum absolute atomic E-state index is 0.0813. The van der Waals surface area contributed by atoms with Gasteiger partial charge in [0, 0.05) is 6.04 Å². The molecule has 0 aromatic rings. The van der Waals surface area contributed by atoms with Gasteiger partial charge in [-0.1, -0.05) is 6.92 Å². The average molecular weight is 161 g/mol. The summed E-state index contributed by atoms with van der Waals surface area (Å²) in [5, 5.41) is 30.3. The second-order valence-corrected chi connectivity index (χ2v) is 2.95. The number of aliphatic hydroxyl groups excluding tert-OH is 3. The van der Waals surface area contributed by atoms with Gasteiger partial charge in [0.1, 0.15) is 0 Å². The van der Waals surface area contributed by atoms with E-state index in [1.54, 1.807) is 0 Å². The predicted octanol–water partition coefficient (Wildman–Crippen LogP) is -1.55. The first-order valence-electron chi connectivity index (χ1n) is 3.93. The lowest BCUT2D eigenvalue weighted by Gasteiger charge is -2.12. The van der Waals surface area contributed by atoms with E-state index in [0.29, 0.717) is 0 Å². The van der Waals surface area contributed by atoms with Crippen LogP contribution in [0.2, 0.25) is 0 Å². The number of nitrogens with one attached hydrogen (secondary N) is 1. The van der Waals surface area contributed by atoms with Gasteiger partial charge < -0.3 is 20.6 Å². The van der Waals surface area contributed by atoms with E-state index in [-0.39, 0.29) is 18.7 Å². The third-order valence-electron chi connectivity index (χ3n) is 2.24. The van der Waals surface area contributed by atoms with Crippen molar-refractivity contribution >= 4 is 0 Å². The van der Waals surface area contributed by atoms with Crippen LogP contribution in [0.4, 0.5) is 0 Å². The summed E-state index contributed by atoms with van der Waals surface area (Å²) < 4.78 is 0. The smallest absolute Gasteiger partial charge is 0.0989 e. The number of hydrogen-bond acceptors (Lipinski definition) is 4. The molecule has 0 amide bonds. The van der Waals surface area contributed by atoms with Crippen molar-refractivity contribution in [1.29, 1.82) is 0 Å². The van der Waals surface area contributed by atoms with Crippen molar-refractivity contribution in [3.8, 4) is 0 Å². The summed E-state index contributed by atoms with van der Waals surface area (Å²) in [6, 6.07) is -0.447. The first-order valence-corrected chi connectivity index (χ1v) is 3.93. The van der Waals surface area contributed by atoms with E-state index in [2.05, 4.69) is 5.32 Å². The minimum Gasteiger partial charge on any atom is -0.395 e. The van der Waals surface area contributed by atoms with Gasteiger partial charge in [0.2, 0.25) is 0 Å². The Kier molecular flexibility index (Phi) is 2.84. The summed E-state index contributed by atoms with van der Waals surface area (Å²) in [5.74, 6) is 0. The van der Waals surface area contributed by atoms with E-state index < -0.39 is 12.2 Å². The van der Waals surface area contributed by atoms with Gasteiger partial charge in [0.25, 0.3) is 0 Å². The van der Waals surface area contributed by atoms with Gasteiger partial charge in [0.05, 0.1) is 24.9 Å². The Morgan fingerprint density at radius 3 is 2.00 bits per heavy atom. The van der Waals surface area contributed by atoms with E-state index in [9.17, 15) is 10.2 Å². The molecular formula is C7H15NO3. The zero-order chi connectivity index (χ0) is 8.43. The lowest BCUT2D eigenvalue weighted by atomic mass is 10.1. The Bertz CT molecular complexity index is 113. The molecule has 1 aliphatic heterocycles. The minimum atomic E-state index is -0.829. The molecular weight excluding hydrogens is 146 g/mol. The maximum atomic E-state index is 9.34. The van der Waals surface area contributed by atoms with E-state index >= 15 is 0 Å². The van der Waals surface area contributed by atoms with Crippen LogP contribution in [0.15, 0.2) is 0 Å². The van der Waals surface area contributed by atoms with Gasteiger partial charge in [-0.15, -0.1) is 0 Å². The highest BCUT2D eigenvalue weighted by Gasteiger charge is 2.39. The third kappa shape index (κ3) is 1.54. The van der Waals surface area contributed by atoms with Crippen molar-refractivity contribution < 1.29 is 15.3 Å². The maximum absolute atomic E-state index is 9.34. The van der Waals surface area contributed by atoms with Crippen LogP contribution in [0.1, 0.15) is 13.3 Å². The molecule has 0 spiro atoms. The summed E-state index contributed by atoms with van der Waals surface area (Å²) >= 11 is 0. The molecule has 1 heterocycles. The molecule has 4 atom stereocenters. The van der Waals surface area contributed by atoms with Crippen LogP contribution in [0, 0.1) is 0 Å². The third-order valence-corrected chi connectivity index (χ3v) is 2.24. The summed E-state index contributed by atoms with van der Waals surface area (Å²) in [4.78, 5) is 0. The molecule has 4 N–H and O–H groups in total. The first-order chi connectivity index (χ1) is 5.20. The van der Waals surface area contributed by atoms with Crippen LogP contribution in [-0.2, 0) is 0 Å². The fourth-order valence-corrected chi connectivity index (χ4v) is 1.47. The molecule has 0 saturated carbocycles. The quantitative estimate of drug-likeness (QED) is 0.396. The van der Waals surface area contributed by atoms with Crippen molar-refractivity contribution in [2.24, 2.45) is 0 Å². The molecule has 0 bridgehead atoms. The Balaban J connectivity index is 2.53. The van der Waals surface area contributed by atoms with Crippen molar-refractivity contribution in [2.75, 3.05) is 6.61 Å². The van der Waals surface area contributed by atoms with Gasteiger partial charge >= 0.3 is 0 Å². The van der Waals surface area contributed by atoms with E-state index in [1.807, 2.05) is 6.92 Å². The lowest BCUT2D eigenvalue weighted by molar-refractivity contribution is 0.0193. The van der Waals surface area contributed by atoms with Crippen molar-refractivity contribution in [3.63, 3.8) is 0 Å². The van der Waals surface area contributed by atoms with E-state index in [4.69, 9.17) is 5.11 Å². The van der Waals surface area contributed by atoms with Crippen molar-refractivity contribution in [2.45, 2.75) is 37.6 Å². The fraction of sp³-hybridized carbons (Fsp3) is 1.00. The zero-order valence-electron chi connectivity index (χ0n) is 6.57. The monoisotopic (exact) mass is 161 g/mol. The molecule has 4 heteroatoms. The summed E-state index contributed by atoms with van der Waals surface area (Å²) in [6.07, 6.45) is -0.809. The molecule has 1 fully saturated rings. The summed E-state index contributed by atoms with van der Waals surface area (Å²) in [5.41, 5.74) is 0. The molecule has 1 rings (SSSR count). The number of rotatable bonds is 2. The van der Waals surface area contributed by atoms with Crippen molar-refractivity contribution in [1.82, 2.24) is 5.32 Å². The van der Waals surface area contributed by atoms with Crippen molar-refractivity contribution in [3.05, 3.63) is 0 Å². The molecule has 0 aromatic carbocycles. The molecule has 0 aliphatic carbocycles. The fourth-order valence-electron chi connectivity index (χ4n) is 1.47. The molecule has 0 aromatic heterocycles. The first kappa shape index (κ1) is 8.93. The number of hydrogen-bond donors (Lipinski definition) is 4. The summed E-state index contributed by atoms with van der Waals surface area (Å²) in [7, 11) is 0. The molecule has 0 radical (unpaired) electrons. The average Bonchev–Trinajstić information content (AvgIpc) is 2.30. The molecule has 11 heavy (non-hydrogen) atoms. The Labute approximate surface area is 65.9 Å². The molecule has 1 saturated heterocycles. The molecule has 4 nitrogen and oxygen atoms in total. The second kappa shape index (κ2) is 3.49. The topological polar surface area (TPSA) is 72.7 Å². The SMILES string of the molecule is CCC1NC(CO)C(O)C1O. The highest BCUT2D eigenvalue weighted by atomic mass is 16.3. The van der Waals surface area contributed by atoms with Crippen LogP contribution in [0.3, 0.4) is 0 Å². The zero-order valence-corrected chi connectivity index (χ0v) is 6.57. The van der Waals surface area contributed by atoms with E-state index in [0.717, 1.165) is 6.42 Å².